The van der Waals surface area contributed by atoms with Gasteiger partial charge in [0.15, 0.2) is 0 Å². The maximum Gasteiger partial charge on any atom is 0.335 e. The second-order valence-electron chi connectivity index (χ2n) is 18.7. The zero-order valence-corrected chi connectivity index (χ0v) is 38.1. The van der Waals surface area contributed by atoms with E-state index in [9.17, 15) is 29.2 Å². The lowest BCUT2D eigenvalue weighted by atomic mass is 9.49. The molecule has 15 heteroatoms. The van der Waals surface area contributed by atoms with Gasteiger partial charge in [0.25, 0.3) is 5.91 Å². The normalized spacial score (nSPS) is 19.2. The molecule has 63 heavy (non-hydrogen) atoms. The van der Waals surface area contributed by atoms with Gasteiger partial charge in [0.2, 0.25) is 17.7 Å². The van der Waals surface area contributed by atoms with Crippen molar-refractivity contribution in [3.05, 3.63) is 94.0 Å². The monoisotopic (exact) mass is 884 g/mol. The first kappa shape index (κ1) is 48.4. The van der Waals surface area contributed by atoms with Crippen LogP contribution in [0.5, 0.6) is 5.75 Å². The summed E-state index contributed by atoms with van der Waals surface area (Å²) < 4.78 is 12.0. The summed E-state index contributed by atoms with van der Waals surface area (Å²) in [5.41, 5.74) is 1.35. The minimum atomic E-state index is -1.03. The molecule has 0 bridgehead atoms. The Morgan fingerprint density at radius 1 is 0.937 bits per heavy atom. The zero-order chi connectivity index (χ0) is 46.1. The highest BCUT2D eigenvalue weighted by molar-refractivity contribution is 6.31. The number of nitriles is 1. The summed E-state index contributed by atoms with van der Waals surface area (Å²) in [4.78, 5) is 66.0. The smallest absolute Gasteiger partial charge is 0.335 e. The highest BCUT2D eigenvalue weighted by atomic mass is 35.5. The Labute approximate surface area is 375 Å². The Balaban J connectivity index is 0.981. The van der Waals surface area contributed by atoms with Crippen LogP contribution in [-0.2, 0) is 25.7 Å². The van der Waals surface area contributed by atoms with Crippen molar-refractivity contribution in [3.63, 3.8) is 0 Å². The van der Waals surface area contributed by atoms with Crippen molar-refractivity contribution in [1.82, 2.24) is 20.9 Å². The van der Waals surface area contributed by atoms with Gasteiger partial charge in [-0.05, 0) is 91.6 Å². The van der Waals surface area contributed by atoms with Gasteiger partial charge in [0, 0.05) is 60.4 Å². The van der Waals surface area contributed by atoms with Crippen LogP contribution in [0.4, 0.5) is 5.69 Å². The number of amides is 4. The molecule has 338 valence electrons. The molecule has 2 aliphatic rings. The third-order valence-corrected chi connectivity index (χ3v) is 12.3. The Morgan fingerprint density at radius 2 is 1.60 bits per heavy atom. The number of carboxylic acid groups (broad SMARTS) is 1. The molecule has 1 unspecified atom stereocenters. The van der Waals surface area contributed by atoms with Gasteiger partial charge in [-0.1, -0.05) is 72.2 Å². The Hall–Kier alpha value is -5.65. The lowest BCUT2D eigenvalue weighted by Crippen LogP contribution is -2.74. The fraction of sp³-hybridized carbons (Fsp3) is 0.500. The van der Waals surface area contributed by atoms with Crippen molar-refractivity contribution in [2.45, 2.75) is 111 Å². The summed E-state index contributed by atoms with van der Waals surface area (Å²) in [6.07, 6.45) is 3.42. The zero-order valence-electron chi connectivity index (χ0n) is 37.3. The number of unbranched alkanes of at least 4 members (excludes halogenated alkanes) is 2. The van der Waals surface area contributed by atoms with Gasteiger partial charge >= 0.3 is 5.97 Å². The van der Waals surface area contributed by atoms with Crippen molar-refractivity contribution >= 4 is 46.9 Å². The second kappa shape index (κ2) is 20.7. The standard InChI is InChI=1S/C48H61ClN6O8/c1-46(2,3)39(42(59)55-24-11-12-37(55)41(58)52-28-30-13-15-32(16-14-30)43(60)61)53-38(56)29-62-25-10-8-9-23-51-34-20-17-31(18-21-34)40(57)54-44-47(4,5)45(48(44,6)7)63-35-22-19-33(27-50)36(49)26-35/h13-22,26,37,39,44-45,51H,8-12,23-25,28-29H2,1-7H3,(H,52,58)(H,53,56)(H,54,57)(H,60,61)/t37-,39?,44?,45?/m0/s1. The fourth-order valence-corrected chi connectivity index (χ4v) is 9.06. The molecular formula is C48H61ClN6O8. The molecule has 5 rings (SSSR count). The van der Waals surface area contributed by atoms with Gasteiger partial charge in [-0.3, -0.25) is 19.2 Å². The average Bonchev–Trinajstić information content (AvgIpc) is 3.74. The van der Waals surface area contributed by atoms with Gasteiger partial charge in [-0.15, -0.1) is 0 Å². The summed E-state index contributed by atoms with van der Waals surface area (Å²) in [7, 11) is 0. The molecule has 4 amide bonds. The Kier molecular flexibility index (Phi) is 15.9. The second-order valence-corrected chi connectivity index (χ2v) is 19.1. The van der Waals surface area contributed by atoms with Gasteiger partial charge in [-0.2, -0.15) is 5.26 Å². The Bertz CT molecular complexity index is 2150. The molecule has 0 radical (unpaired) electrons. The first-order valence-corrected chi connectivity index (χ1v) is 21.9. The van der Waals surface area contributed by atoms with Crippen LogP contribution >= 0.6 is 11.6 Å². The number of hydrogen-bond donors (Lipinski definition) is 5. The molecular weight excluding hydrogens is 824 g/mol. The number of hydrogen-bond acceptors (Lipinski definition) is 9. The van der Waals surface area contributed by atoms with E-state index in [-0.39, 0.29) is 59.4 Å². The molecule has 2 atom stereocenters. The predicted octanol–water partition coefficient (Wildman–Crippen LogP) is 6.96. The van der Waals surface area contributed by atoms with E-state index < -0.39 is 29.4 Å². The molecule has 14 nitrogen and oxygen atoms in total. The number of rotatable bonds is 19. The van der Waals surface area contributed by atoms with E-state index in [1.807, 2.05) is 32.9 Å². The van der Waals surface area contributed by atoms with E-state index in [1.165, 1.54) is 12.1 Å². The summed E-state index contributed by atoms with van der Waals surface area (Å²) in [5.74, 6) is -1.64. The highest BCUT2D eigenvalue weighted by Gasteiger charge is 2.64. The highest BCUT2D eigenvalue weighted by Crippen LogP contribution is 2.55. The number of ether oxygens (including phenoxy) is 2. The van der Waals surface area contributed by atoms with Crippen molar-refractivity contribution in [2.75, 3.05) is 31.6 Å². The molecule has 1 aliphatic heterocycles. The van der Waals surface area contributed by atoms with E-state index in [2.05, 4.69) is 55.0 Å². The third kappa shape index (κ3) is 12.1. The van der Waals surface area contributed by atoms with Crippen molar-refractivity contribution in [2.24, 2.45) is 16.2 Å². The Morgan fingerprint density at radius 3 is 2.22 bits per heavy atom. The third-order valence-electron chi connectivity index (χ3n) is 12.0. The minimum absolute atomic E-state index is 0.153. The largest absolute Gasteiger partial charge is 0.489 e. The number of nitrogens with one attached hydrogen (secondary N) is 4. The molecule has 0 spiro atoms. The number of carbonyl (C=O) groups excluding carboxylic acids is 4. The average molecular weight is 886 g/mol. The number of nitrogens with zero attached hydrogens (tertiary/aromatic N) is 2. The summed E-state index contributed by atoms with van der Waals surface area (Å²) in [5, 5.41) is 31.0. The fourth-order valence-electron chi connectivity index (χ4n) is 8.85. The number of benzene rings is 3. The molecule has 3 aromatic rings. The van der Waals surface area contributed by atoms with Crippen LogP contribution in [0, 0.1) is 27.6 Å². The van der Waals surface area contributed by atoms with Crippen LogP contribution < -0.4 is 26.0 Å². The molecule has 1 aliphatic carbocycles. The maximum atomic E-state index is 13.8. The quantitative estimate of drug-likeness (QED) is 0.0785. The molecule has 1 saturated carbocycles. The van der Waals surface area contributed by atoms with E-state index in [0.717, 1.165) is 30.5 Å². The number of aromatic carboxylic acids is 1. The van der Waals surface area contributed by atoms with Crippen LogP contribution in [0.3, 0.4) is 0 Å². The molecule has 1 saturated heterocycles. The van der Waals surface area contributed by atoms with Crippen LogP contribution in [0.2, 0.25) is 5.02 Å². The number of carboxylic acids is 1. The van der Waals surface area contributed by atoms with E-state index in [4.69, 9.17) is 26.2 Å². The molecule has 2 fully saturated rings. The molecule has 1 heterocycles. The van der Waals surface area contributed by atoms with Gasteiger partial charge < -0.3 is 40.7 Å². The first-order valence-electron chi connectivity index (χ1n) is 21.5. The van der Waals surface area contributed by atoms with Crippen LogP contribution in [0.15, 0.2) is 66.7 Å². The van der Waals surface area contributed by atoms with Crippen LogP contribution in [0.25, 0.3) is 0 Å². The van der Waals surface area contributed by atoms with Gasteiger partial charge in [0.05, 0.1) is 16.1 Å². The first-order chi connectivity index (χ1) is 29.7. The van der Waals surface area contributed by atoms with Crippen molar-refractivity contribution in [3.8, 4) is 11.8 Å². The maximum absolute atomic E-state index is 13.8. The van der Waals surface area contributed by atoms with Crippen molar-refractivity contribution < 1.29 is 38.6 Å². The SMILES string of the molecule is CC(C)(C)C(NC(=O)COCCCCCNc1ccc(C(=O)NC2C(C)(C)C(Oc3ccc(C#N)c(Cl)c3)C2(C)C)cc1)C(=O)N1CCC[C@H]1C(=O)NCc1ccc(C(=O)O)cc1. The van der Waals surface area contributed by atoms with Crippen molar-refractivity contribution in [1.29, 1.82) is 5.26 Å². The molecule has 0 aromatic heterocycles. The van der Waals surface area contributed by atoms with Gasteiger partial charge in [-0.25, -0.2) is 4.79 Å². The number of likely N-dealkylation sites (tertiary alicyclic amines) is 1. The summed E-state index contributed by atoms with van der Waals surface area (Å²) >= 11 is 6.23. The molecule has 3 aromatic carbocycles. The van der Waals surface area contributed by atoms with E-state index >= 15 is 0 Å². The van der Waals surface area contributed by atoms with E-state index in [1.54, 1.807) is 47.4 Å². The number of halogens is 1. The predicted molar refractivity (Wildman–Crippen MR) is 240 cm³/mol. The lowest BCUT2D eigenvalue weighted by molar-refractivity contribution is -0.164. The van der Waals surface area contributed by atoms with E-state index in [0.29, 0.717) is 54.4 Å². The number of carbonyl (C=O) groups is 5. The minimum Gasteiger partial charge on any atom is -0.489 e. The number of anilines is 1. The lowest BCUT2D eigenvalue weighted by Gasteiger charge is -2.63. The topological polar surface area (TPSA) is 199 Å². The molecule has 5 N–H and O–H groups in total. The summed E-state index contributed by atoms with van der Waals surface area (Å²) in [6, 6.07) is 19.0. The van der Waals surface area contributed by atoms with Crippen LogP contribution in [-0.4, -0.2) is 90.1 Å². The van der Waals surface area contributed by atoms with Gasteiger partial charge in [0.1, 0.15) is 36.6 Å². The summed E-state index contributed by atoms with van der Waals surface area (Å²) in [6.45, 7) is 15.4. The van der Waals surface area contributed by atoms with Crippen LogP contribution in [0.1, 0.15) is 112 Å².